The van der Waals surface area contributed by atoms with Crippen molar-refractivity contribution < 1.29 is 9.47 Å². The van der Waals surface area contributed by atoms with Crippen LogP contribution in [-0.2, 0) is 0 Å². The molecule has 0 amide bonds. The van der Waals surface area contributed by atoms with E-state index in [0.29, 0.717) is 10.6 Å². The molecule has 0 fully saturated rings. The summed E-state index contributed by atoms with van der Waals surface area (Å²) in [6.45, 7) is 0. The Balaban J connectivity index is 2.57. The normalized spacial score (nSPS) is 9.83. The van der Waals surface area contributed by atoms with Crippen molar-refractivity contribution in [3.05, 3.63) is 29.1 Å². The van der Waals surface area contributed by atoms with Crippen molar-refractivity contribution in [2.45, 2.75) is 0 Å². The van der Waals surface area contributed by atoms with Crippen LogP contribution in [0, 0.1) is 11.3 Å². The number of nitrogens with zero attached hydrogens (tertiary/aromatic N) is 1. The third-order valence-corrected chi connectivity index (χ3v) is 3.62. The van der Waals surface area contributed by atoms with E-state index in [9.17, 15) is 0 Å². The second kappa shape index (κ2) is 4.98. The Bertz CT molecular complexity index is 614. The first-order valence-corrected chi connectivity index (χ1v) is 6.03. The Morgan fingerprint density at radius 2 is 2.00 bits per heavy atom. The first kappa shape index (κ1) is 12.3. The summed E-state index contributed by atoms with van der Waals surface area (Å²) in [4.78, 5) is 1.40. The summed E-state index contributed by atoms with van der Waals surface area (Å²) in [5.41, 5.74) is 7.13. The maximum absolute atomic E-state index is 8.93. The van der Waals surface area contributed by atoms with Crippen molar-refractivity contribution >= 4 is 17.0 Å². The molecule has 92 valence electrons. The molecule has 2 N–H and O–H groups in total. The number of anilines is 1. The lowest BCUT2D eigenvalue weighted by atomic mass is 10.1. The third kappa shape index (κ3) is 2.11. The fraction of sp³-hybridized carbons (Fsp3) is 0.154. The molecule has 5 heteroatoms. The number of hydrogen-bond donors (Lipinski definition) is 1. The van der Waals surface area contributed by atoms with Crippen LogP contribution in [0.3, 0.4) is 0 Å². The van der Waals surface area contributed by atoms with Gasteiger partial charge in [-0.25, -0.2) is 0 Å². The van der Waals surface area contributed by atoms with E-state index in [1.165, 1.54) is 11.3 Å². The van der Waals surface area contributed by atoms with Crippen LogP contribution in [-0.4, -0.2) is 14.2 Å². The lowest BCUT2D eigenvalue weighted by Gasteiger charge is -2.08. The number of methoxy groups -OCH3 is 2. The molecule has 0 aliphatic heterocycles. The number of benzene rings is 1. The Kier molecular flexibility index (Phi) is 3.40. The maximum Gasteiger partial charge on any atom is 0.128 e. The molecule has 0 saturated carbocycles. The highest BCUT2D eigenvalue weighted by atomic mass is 32.1. The van der Waals surface area contributed by atoms with Crippen LogP contribution in [0.5, 0.6) is 11.5 Å². The summed E-state index contributed by atoms with van der Waals surface area (Å²) in [6.07, 6.45) is 0. The molecule has 2 aromatic rings. The topological polar surface area (TPSA) is 68.3 Å². The average molecular weight is 260 g/mol. The van der Waals surface area contributed by atoms with Crippen molar-refractivity contribution in [2.75, 3.05) is 20.0 Å². The lowest BCUT2D eigenvalue weighted by molar-refractivity contribution is 0.404. The third-order valence-electron chi connectivity index (χ3n) is 2.53. The summed E-state index contributed by atoms with van der Waals surface area (Å²) >= 11 is 1.34. The Morgan fingerprint density at radius 1 is 1.22 bits per heavy atom. The molecule has 0 radical (unpaired) electrons. The van der Waals surface area contributed by atoms with Crippen LogP contribution in [0.25, 0.3) is 10.4 Å². The summed E-state index contributed by atoms with van der Waals surface area (Å²) in [5.74, 6) is 1.46. The Labute approximate surface area is 109 Å². The number of nitriles is 1. The molecule has 0 aliphatic carbocycles. The minimum Gasteiger partial charge on any atom is -0.497 e. The largest absolute Gasteiger partial charge is 0.497 e. The molecule has 0 bridgehead atoms. The number of ether oxygens (including phenoxy) is 2. The highest BCUT2D eigenvalue weighted by Crippen LogP contribution is 2.39. The van der Waals surface area contributed by atoms with E-state index < -0.39 is 0 Å². The lowest BCUT2D eigenvalue weighted by Crippen LogP contribution is -1.89. The van der Waals surface area contributed by atoms with Crippen molar-refractivity contribution in [1.82, 2.24) is 0 Å². The van der Waals surface area contributed by atoms with Crippen molar-refractivity contribution in [2.24, 2.45) is 0 Å². The van der Waals surface area contributed by atoms with E-state index in [1.54, 1.807) is 20.3 Å². The van der Waals surface area contributed by atoms with Crippen molar-refractivity contribution in [3.63, 3.8) is 0 Å². The van der Waals surface area contributed by atoms with E-state index in [-0.39, 0.29) is 0 Å². The van der Waals surface area contributed by atoms with Crippen LogP contribution in [0.2, 0.25) is 0 Å². The molecule has 1 heterocycles. The minimum atomic E-state index is 0.488. The van der Waals surface area contributed by atoms with E-state index >= 15 is 0 Å². The Hall–Kier alpha value is -2.19. The molecule has 0 spiro atoms. The number of rotatable bonds is 3. The van der Waals surface area contributed by atoms with Gasteiger partial charge in [0.05, 0.1) is 19.9 Å². The fourth-order valence-corrected chi connectivity index (χ4v) is 2.53. The minimum absolute atomic E-state index is 0.488. The first-order valence-electron chi connectivity index (χ1n) is 5.21. The zero-order chi connectivity index (χ0) is 13.1. The van der Waals surface area contributed by atoms with Gasteiger partial charge in [0.15, 0.2) is 0 Å². The number of hydrogen-bond acceptors (Lipinski definition) is 5. The van der Waals surface area contributed by atoms with Gasteiger partial charge in [0.2, 0.25) is 0 Å². The smallest absolute Gasteiger partial charge is 0.128 e. The average Bonchev–Trinajstić information content (AvgIpc) is 2.79. The second-order valence-corrected chi connectivity index (χ2v) is 4.63. The van der Waals surface area contributed by atoms with E-state index in [1.807, 2.05) is 18.2 Å². The molecular formula is C13H12N2O2S. The van der Waals surface area contributed by atoms with Gasteiger partial charge in [0.25, 0.3) is 0 Å². The number of thiophene rings is 1. The van der Waals surface area contributed by atoms with E-state index in [2.05, 4.69) is 6.07 Å². The molecule has 1 aromatic carbocycles. The van der Waals surface area contributed by atoms with Gasteiger partial charge in [-0.2, -0.15) is 5.26 Å². The van der Waals surface area contributed by atoms with E-state index in [0.717, 1.165) is 21.9 Å². The summed E-state index contributed by atoms with van der Waals surface area (Å²) in [7, 11) is 3.21. The predicted octanol–water partition coefficient (Wildman–Crippen LogP) is 2.89. The molecule has 0 atom stereocenters. The van der Waals surface area contributed by atoms with Gasteiger partial charge in [-0.15, -0.1) is 11.3 Å². The van der Waals surface area contributed by atoms with Crippen LogP contribution in [0.15, 0.2) is 24.3 Å². The van der Waals surface area contributed by atoms with Gasteiger partial charge in [-0.05, 0) is 24.3 Å². The molecule has 2 rings (SSSR count). The molecule has 18 heavy (non-hydrogen) atoms. The fourth-order valence-electron chi connectivity index (χ4n) is 1.63. The van der Waals surface area contributed by atoms with Gasteiger partial charge in [-0.3, -0.25) is 0 Å². The van der Waals surface area contributed by atoms with Gasteiger partial charge >= 0.3 is 0 Å². The zero-order valence-corrected chi connectivity index (χ0v) is 10.9. The predicted molar refractivity (Wildman–Crippen MR) is 72.0 cm³/mol. The van der Waals surface area contributed by atoms with Gasteiger partial charge in [-0.1, -0.05) is 0 Å². The summed E-state index contributed by atoms with van der Waals surface area (Å²) in [5, 5.41) is 8.93. The molecule has 1 aromatic heterocycles. The second-order valence-electron chi connectivity index (χ2n) is 3.57. The van der Waals surface area contributed by atoms with Crippen LogP contribution < -0.4 is 15.2 Å². The van der Waals surface area contributed by atoms with Crippen LogP contribution >= 0.6 is 11.3 Å². The summed E-state index contributed by atoms with van der Waals surface area (Å²) < 4.78 is 10.5. The summed E-state index contributed by atoms with van der Waals surface area (Å²) in [6, 6.07) is 9.37. The highest BCUT2D eigenvalue weighted by molar-refractivity contribution is 7.16. The molecule has 0 unspecified atom stereocenters. The molecule has 0 aliphatic rings. The monoisotopic (exact) mass is 260 g/mol. The van der Waals surface area contributed by atoms with Crippen molar-refractivity contribution in [3.8, 4) is 28.0 Å². The zero-order valence-electron chi connectivity index (χ0n) is 10.1. The molecular weight excluding hydrogens is 248 g/mol. The SMILES string of the molecule is COc1ccc(OC)c(-c2cc(N)c(C#N)s2)c1. The van der Waals surface area contributed by atoms with Gasteiger partial charge < -0.3 is 15.2 Å². The number of nitrogens with two attached hydrogens (primary N) is 1. The van der Waals surface area contributed by atoms with Gasteiger partial charge in [0, 0.05) is 10.4 Å². The van der Waals surface area contributed by atoms with Crippen molar-refractivity contribution in [1.29, 1.82) is 5.26 Å². The van der Waals surface area contributed by atoms with Crippen LogP contribution in [0.4, 0.5) is 5.69 Å². The highest BCUT2D eigenvalue weighted by Gasteiger charge is 2.13. The standard InChI is InChI=1S/C13H12N2O2S/c1-16-8-3-4-11(17-2)9(5-8)12-6-10(15)13(7-14)18-12/h3-6H,15H2,1-2H3. The number of nitrogen functional groups attached to an aromatic ring is 1. The quantitative estimate of drug-likeness (QED) is 0.921. The van der Waals surface area contributed by atoms with Gasteiger partial charge in [0.1, 0.15) is 22.4 Å². The first-order chi connectivity index (χ1) is 8.69. The molecule has 0 saturated heterocycles. The Morgan fingerprint density at radius 3 is 2.56 bits per heavy atom. The maximum atomic E-state index is 8.93. The molecule has 4 nitrogen and oxygen atoms in total. The van der Waals surface area contributed by atoms with Crippen LogP contribution in [0.1, 0.15) is 4.88 Å². The van der Waals surface area contributed by atoms with E-state index in [4.69, 9.17) is 20.5 Å².